The number of benzene rings is 1. The van der Waals surface area contributed by atoms with Gasteiger partial charge in [-0.2, -0.15) is 0 Å². The summed E-state index contributed by atoms with van der Waals surface area (Å²) in [6.45, 7) is 0. The Morgan fingerprint density at radius 2 is 2.22 bits per heavy atom. The lowest BCUT2D eigenvalue weighted by Crippen LogP contribution is -2.19. The van der Waals surface area contributed by atoms with E-state index in [1.165, 1.54) is 11.3 Å². The molecule has 7 heteroatoms. The molecule has 0 fully saturated rings. The molecule has 2 rings (SSSR count). The van der Waals surface area contributed by atoms with Crippen molar-refractivity contribution in [3.63, 3.8) is 0 Å². The van der Waals surface area contributed by atoms with E-state index in [4.69, 9.17) is 23.2 Å². The molecule has 0 aliphatic heterocycles. The minimum Gasteiger partial charge on any atom is -0.308 e. The lowest BCUT2D eigenvalue weighted by molar-refractivity contribution is 0.262. The van der Waals surface area contributed by atoms with E-state index in [1.807, 2.05) is 0 Å². The standard InChI is InChI=1S/C11H9Cl2N3OS/c12-5-9-6-18-11(15-9)16-10(17)14-8-3-1-2-7(13)4-8/h1-4,6H,5H2,(H2,14,15,16,17). The quantitative estimate of drug-likeness (QED) is 0.836. The Labute approximate surface area is 118 Å². The third-order valence-electron chi connectivity index (χ3n) is 1.99. The van der Waals surface area contributed by atoms with Crippen molar-refractivity contribution in [3.8, 4) is 0 Å². The van der Waals surface area contributed by atoms with Gasteiger partial charge in [-0.15, -0.1) is 22.9 Å². The number of nitrogens with one attached hydrogen (secondary N) is 2. The molecule has 1 heterocycles. The number of hydrogen-bond acceptors (Lipinski definition) is 3. The number of halogens is 2. The molecular weight excluding hydrogens is 293 g/mol. The molecule has 0 aliphatic carbocycles. The lowest BCUT2D eigenvalue weighted by atomic mass is 10.3. The Hall–Kier alpha value is -1.30. The number of rotatable bonds is 3. The Bertz CT molecular complexity index is 559. The largest absolute Gasteiger partial charge is 0.325 e. The van der Waals surface area contributed by atoms with E-state index < -0.39 is 0 Å². The van der Waals surface area contributed by atoms with E-state index in [9.17, 15) is 4.79 Å². The highest BCUT2D eigenvalue weighted by Crippen LogP contribution is 2.18. The van der Waals surface area contributed by atoms with Crippen molar-refractivity contribution < 1.29 is 4.79 Å². The molecule has 1 aromatic heterocycles. The Morgan fingerprint density at radius 1 is 1.39 bits per heavy atom. The summed E-state index contributed by atoms with van der Waals surface area (Å²) in [5.41, 5.74) is 1.36. The summed E-state index contributed by atoms with van der Waals surface area (Å²) in [4.78, 5) is 15.8. The molecule has 18 heavy (non-hydrogen) atoms. The van der Waals surface area contributed by atoms with Gasteiger partial charge in [0.25, 0.3) is 0 Å². The first-order valence-electron chi connectivity index (χ1n) is 5.01. The van der Waals surface area contributed by atoms with Crippen molar-refractivity contribution >= 4 is 51.4 Å². The molecule has 2 aromatic rings. The van der Waals surface area contributed by atoms with Crippen molar-refractivity contribution in [1.82, 2.24) is 4.98 Å². The predicted molar refractivity (Wildman–Crippen MR) is 75.8 cm³/mol. The first-order chi connectivity index (χ1) is 8.67. The van der Waals surface area contributed by atoms with Crippen LogP contribution in [0, 0.1) is 0 Å². The van der Waals surface area contributed by atoms with E-state index in [0.717, 1.165) is 5.69 Å². The number of anilines is 2. The molecule has 0 spiro atoms. The molecule has 0 saturated carbocycles. The zero-order valence-corrected chi connectivity index (χ0v) is 11.4. The SMILES string of the molecule is O=C(Nc1cccc(Cl)c1)Nc1nc(CCl)cs1. The normalized spacial score (nSPS) is 10.1. The van der Waals surface area contributed by atoms with E-state index in [-0.39, 0.29) is 6.03 Å². The van der Waals surface area contributed by atoms with Crippen LogP contribution in [0.1, 0.15) is 5.69 Å². The molecule has 0 radical (unpaired) electrons. The smallest absolute Gasteiger partial charge is 0.308 e. The maximum Gasteiger partial charge on any atom is 0.325 e. The second-order valence-corrected chi connectivity index (χ2v) is 4.93. The number of carbonyl (C=O) groups is 1. The van der Waals surface area contributed by atoms with Crippen LogP contribution in [-0.4, -0.2) is 11.0 Å². The Morgan fingerprint density at radius 3 is 2.89 bits per heavy atom. The van der Waals surface area contributed by atoms with E-state index in [1.54, 1.807) is 29.6 Å². The van der Waals surface area contributed by atoms with Crippen LogP contribution in [0.3, 0.4) is 0 Å². The minimum atomic E-state index is -0.368. The fourth-order valence-corrected chi connectivity index (χ4v) is 2.38. The van der Waals surface area contributed by atoms with Gasteiger partial charge in [0, 0.05) is 16.1 Å². The molecule has 94 valence electrons. The van der Waals surface area contributed by atoms with E-state index in [2.05, 4.69) is 15.6 Å². The number of amides is 2. The number of carbonyl (C=O) groups excluding carboxylic acids is 1. The van der Waals surface area contributed by atoms with Gasteiger partial charge in [0.05, 0.1) is 11.6 Å². The number of hydrogen-bond donors (Lipinski definition) is 2. The first kappa shape index (κ1) is 13.1. The maximum absolute atomic E-state index is 11.7. The highest BCUT2D eigenvalue weighted by atomic mass is 35.5. The van der Waals surface area contributed by atoms with Gasteiger partial charge in [-0.1, -0.05) is 17.7 Å². The van der Waals surface area contributed by atoms with Crippen molar-refractivity contribution in [3.05, 3.63) is 40.4 Å². The average Bonchev–Trinajstić information content (AvgIpc) is 2.76. The van der Waals surface area contributed by atoms with Gasteiger partial charge >= 0.3 is 6.03 Å². The minimum absolute atomic E-state index is 0.327. The van der Waals surface area contributed by atoms with Crippen LogP contribution in [0.5, 0.6) is 0 Å². The summed E-state index contributed by atoms with van der Waals surface area (Å²) in [7, 11) is 0. The zero-order valence-electron chi connectivity index (χ0n) is 9.11. The highest BCUT2D eigenvalue weighted by Gasteiger charge is 2.06. The van der Waals surface area contributed by atoms with Crippen molar-refractivity contribution in [2.45, 2.75) is 5.88 Å². The molecule has 0 atom stereocenters. The number of thiazole rings is 1. The van der Waals surface area contributed by atoms with E-state index in [0.29, 0.717) is 21.7 Å². The molecule has 0 saturated heterocycles. The van der Waals surface area contributed by atoms with Gasteiger partial charge in [0.1, 0.15) is 0 Å². The molecule has 0 unspecified atom stereocenters. The molecular formula is C11H9Cl2N3OS. The maximum atomic E-state index is 11.7. The zero-order chi connectivity index (χ0) is 13.0. The molecule has 2 N–H and O–H groups in total. The summed E-state index contributed by atoms with van der Waals surface area (Å²) in [5.74, 6) is 0.327. The summed E-state index contributed by atoms with van der Waals surface area (Å²) >= 11 is 12.8. The monoisotopic (exact) mass is 301 g/mol. The summed E-state index contributed by atoms with van der Waals surface area (Å²) < 4.78 is 0. The van der Waals surface area contributed by atoms with Crippen LogP contribution in [0.25, 0.3) is 0 Å². The third kappa shape index (κ3) is 3.60. The highest BCUT2D eigenvalue weighted by molar-refractivity contribution is 7.14. The van der Waals surface area contributed by atoms with Crippen molar-refractivity contribution in [2.75, 3.05) is 10.6 Å². The topological polar surface area (TPSA) is 54.0 Å². The van der Waals surface area contributed by atoms with Gasteiger partial charge in [-0.25, -0.2) is 9.78 Å². The third-order valence-corrected chi connectivity index (χ3v) is 3.31. The summed E-state index contributed by atoms with van der Waals surface area (Å²) in [6.07, 6.45) is 0. The van der Waals surface area contributed by atoms with Crippen molar-refractivity contribution in [2.24, 2.45) is 0 Å². The average molecular weight is 302 g/mol. The Kier molecular flexibility index (Phi) is 4.41. The van der Waals surface area contributed by atoms with Crippen LogP contribution < -0.4 is 10.6 Å². The van der Waals surface area contributed by atoms with Gasteiger partial charge in [-0.05, 0) is 18.2 Å². The molecule has 0 bridgehead atoms. The van der Waals surface area contributed by atoms with E-state index >= 15 is 0 Å². The Balaban J connectivity index is 1.96. The molecule has 4 nitrogen and oxygen atoms in total. The van der Waals surface area contributed by atoms with Crippen LogP contribution >= 0.6 is 34.5 Å². The predicted octanol–water partition coefficient (Wildman–Crippen LogP) is 4.18. The fraction of sp³-hybridized carbons (Fsp3) is 0.0909. The van der Waals surface area contributed by atoms with Gasteiger partial charge in [0.15, 0.2) is 5.13 Å². The van der Waals surface area contributed by atoms with Gasteiger partial charge in [0.2, 0.25) is 0 Å². The van der Waals surface area contributed by atoms with Crippen LogP contribution in [-0.2, 0) is 5.88 Å². The fourth-order valence-electron chi connectivity index (χ4n) is 1.25. The number of urea groups is 1. The van der Waals surface area contributed by atoms with Crippen LogP contribution in [0.4, 0.5) is 15.6 Å². The number of nitrogens with zero attached hydrogens (tertiary/aromatic N) is 1. The van der Waals surface area contributed by atoms with Crippen LogP contribution in [0.15, 0.2) is 29.6 Å². The number of alkyl halides is 1. The van der Waals surface area contributed by atoms with Gasteiger partial charge in [-0.3, -0.25) is 5.32 Å². The lowest BCUT2D eigenvalue weighted by Gasteiger charge is -2.05. The van der Waals surface area contributed by atoms with Gasteiger partial charge < -0.3 is 5.32 Å². The second kappa shape index (κ2) is 6.04. The molecule has 0 aliphatic rings. The van der Waals surface area contributed by atoms with Crippen LogP contribution in [0.2, 0.25) is 5.02 Å². The second-order valence-electron chi connectivity index (χ2n) is 3.37. The summed E-state index contributed by atoms with van der Waals surface area (Å²) in [6, 6.07) is 6.53. The molecule has 1 aromatic carbocycles. The number of aromatic nitrogens is 1. The first-order valence-corrected chi connectivity index (χ1v) is 6.80. The van der Waals surface area contributed by atoms with Crippen molar-refractivity contribution in [1.29, 1.82) is 0 Å². The molecule has 2 amide bonds. The summed E-state index contributed by atoms with van der Waals surface area (Å²) in [5, 5.41) is 8.14.